The van der Waals surface area contributed by atoms with E-state index < -0.39 is 11.7 Å². The third-order valence-electron chi connectivity index (χ3n) is 4.41. The molecule has 0 unspecified atom stereocenters. The minimum Gasteiger partial charge on any atom is -0.360 e. The molecule has 2 aromatic heterocycles. The summed E-state index contributed by atoms with van der Waals surface area (Å²) in [6.45, 7) is 1.55. The molecule has 6 nitrogen and oxygen atoms in total. The van der Waals surface area contributed by atoms with E-state index in [9.17, 15) is 14.0 Å². The molecule has 0 spiro atoms. The third kappa shape index (κ3) is 4.35. The Bertz CT molecular complexity index is 1250. The van der Waals surface area contributed by atoms with Crippen molar-refractivity contribution in [3.8, 4) is 11.3 Å². The summed E-state index contributed by atoms with van der Waals surface area (Å²) in [5, 5.41) is 11.3. The van der Waals surface area contributed by atoms with Gasteiger partial charge >= 0.3 is 0 Å². The molecule has 0 radical (unpaired) electrons. The van der Waals surface area contributed by atoms with Crippen LogP contribution >= 0.6 is 22.9 Å². The smallest absolute Gasteiger partial charge is 0.265 e. The van der Waals surface area contributed by atoms with Gasteiger partial charge in [0.15, 0.2) is 0 Å². The molecule has 0 atom stereocenters. The first-order chi connectivity index (χ1) is 14.9. The Morgan fingerprint density at radius 2 is 1.74 bits per heavy atom. The average Bonchev–Trinajstić information content (AvgIpc) is 3.38. The molecule has 0 aliphatic rings. The zero-order valence-corrected chi connectivity index (χ0v) is 17.7. The number of thiophene rings is 1. The minimum absolute atomic E-state index is 0.0110. The van der Waals surface area contributed by atoms with Crippen molar-refractivity contribution in [1.29, 1.82) is 0 Å². The van der Waals surface area contributed by atoms with Gasteiger partial charge in [-0.15, -0.1) is 11.3 Å². The minimum atomic E-state index is -0.617. The number of rotatable bonds is 5. The van der Waals surface area contributed by atoms with Crippen LogP contribution in [0.2, 0.25) is 5.02 Å². The van der Waals surface area contributed by atoms with E-state index in [1.807, 2.05) is 5.38 Å². The molecule has 0 saturated heterocycles. The van der Waals surface area contributed by atoms with E-state index in [-0.39, 0.29) is 33.5 Å². The Labute approximate surface area is 185 Å². The molecule has 0 bridgehead atoms. The second-order valence-corrected chi connectivity index (χ2v) is 7.88. The highest BCUT2D eigenvalue weighted by atomic mass is 35.5. The largest absolute Gasteiger partial charge is 0.360 e. The quantitative estimate of drug-likeness (QED) is 0.386. The summed E-state index contributed by atoms with van der Waals surface area (Å²) in [6, 6.07) is 14.4. The van der Waals surface area contributed by atoms with Crippen LogP contribution in [-0.4, -0.2) is 17.0 Å². The fourth-order valence-corrected chi connectivity index (χ4v) is 3.87. The first-order valence-electron chi connectivity index (χ1n) is 9.11. The maximum atomic E-state index is 14.4. The predicted octanol–water partition coefficient (Wildman–Crippen LogP) is 6.01. The summed E-state index contributed by atoms with van der Waals surface area (Å²) in [4.78, 5) is 25.8. The van der Waals surface area contributed by atoms with Gasteiger partial charge in [0.05, 0.1) is 15.5 Å². The molecule has 2 amide bonds. The Morgan fingerprint density at radius 3 is 2.42 bits per heavy atom. The Morgan fingerprint density at radius 1 is 1.03 bits per heavy atom. The number of hydrogen-bond donors (Lipinski definition) is 2. The normalized spacial score (nSPS) is 10.7. The van der Waals surface area contributed by atoms with Crippen LogP contribution in [0.15, 0.2) is 64.5 Å². The van der Waals surface area contributed by atoms with Crippen molar-refractivity contribution in [3.63, 3.8) is 0 Å². The highest BCUT2D eigenvalue weighted by molar-refractivity contribution is 7.12. The molecule has 0 fully saturated rings. The van der Waals surface area contributed by atoms with Crippen molar-refractivity contribution in [2.45, 2.75) is 6.92 Å². The number of nitrogens with zero attached hydrogens (tertiary/aromatic N) is 1. The fourth-order valence-electron chi connectivity index (χ4n) is 3.00. The van der Waals surface area contributed by atoms with Crippen LogP contribution in [0.3, 0.4) is 0 Å². The van der Waals surface area contributed by atoms with Gasteiger partial charge in [-0.05, 0) is 48.7 Å². The van der Waals surface area contributed by atoms with Crippen LogP contribution in [0.1, 0.15) is 25.8 Å². The standard InChI is InChI=1S/C22H15ClFN3O3S/c1-12-18(20(27-30-12)19-15(23)7-3-8-16(19)24)22(29)26-14-6-2-5-13(11-14)25-21(28)17-9-4-10-31-17/h2-11H,1H3,(H,25,28)(H,26,29). The lowest BCUT2D eigenvalue weighted by Crippen LogP contribution is -2.14. The van der Waals surface area contributed by atoms with Crippen molar-refractivity contribution >= 4 is 46.1 Å². The second-order valence-electron chi connectivity index (χ2n) is 6.53. The van der Waals surface area contributed by atoms with E-state index in [4.69, 9.17) is 16.1 Å². The molecular formula is C22H15ClFN3O3S. The molecule has 2 N–H and O–H groups in total. The number of aryl methyl sites for hydroxylation is 1. The van der Waals surface area contributed by atoms with Gasteiger partial charge in [0.2, 0.25) is 0 Å². The lowest BCUT2D eigenvalue weighted by molar-refractivity contribution is 0.102. The van der Waals surface area contributed by atoms with Gasteiger partial charge in [-0.3, -0.25) is 9.59 Å². The SMILES string of the molecule is Cc1onc(-c2c(F)cccc2Cl)c1C(=O)Nc1cccc(NC(=O)c2cccs2)c1. The van der Waals surface area contributed by atoms with Crippen LogP contribution in [0.25, 0.3) is 11.3 Å². The van der Waals surface area contributed by atoms with Crippen molar-refractivity contribution in [1.82, 2.24) is 5.16 Å². The first-order valence-corrected chi connectivity index (χ1v) is 10.4. The zero-order valence-electron chi connectivity index (χ0n) is 16.1. The molecule has 0 aliphatic heterocycles. The molecule has 9 heteroatoms. The number of carbonyl (C=O) groups is 2. The van der Waals surface area contributed by atoms with Crippen molar-refractivity contribution in [2.24, 2.45) is 0 Å². The lowest BCUT2D eigenvalue weighted by atomic mass is 10.0. The van der Waals surface area contributed by atoms with Crippen LogP contribution in [0.4, 0.5) is 15.8 Å². The van der Waals surface area contributed by atoms with Gasteiger partial charge in [0.1, 0.15) is 22.8 Å². The molecule has 4 aromatic rings. The Balaban J connectivity index is 1.59. The highest BCUT2D eigenvalue weighted by Gasteiger charge is 2.25. The zero-order chi connectivity index (χ0) is 22.0. The predicted molar refractivity (Wildman–Crippen MR) is 118 cm³/mol. The summed E-state index contributed by atoms with van der Waals surface area (Å²) in [5.74, 6) is -1.19. The Kier molecular flexibility index (Phi) is 5.83. The number of benzene rings is 2. The molecular weight excluding hydrogens is 441 g/mol. The maximum absolute atomic E-state index is 14.4. The number of hydrogen-bond acceptors (Lipinski definition) is 5. The molecule has 2 heterocycles. The summed E-state index contributed by atoms with van der Waals surface area (Å²) in [6.07, 6.45) is 0. The van der Waals surface area contributed by atoms with E-state index in [1.54, 1.807) is 43.3 Å². The van der Waals surface area contributed by atoms with Gasteiger partial charge in [0.25, 0.3) is 11.8 Å². The third-order valence-corrected chi connectivity index (χ3v) is 5.60. The van der Waals surface area contributed by atoms with Crippen molar-refractivity contribution < 1.29 is 18.5 Å². The van der Waals surface area contributed by atoms with Crippen molar-refractivity contribution in [3.05, 3.63) is 87.0 Å². The van der Waals surface area contributed by atoms with E-state index >= 15 is 0 Å². The number of anilines is 2. The maximum Gasteiger partial charge on any atom is 0.265 e. The van der Waals surface area contributed by atoms with Crippen LogP contribution in [0.5, 0.6) is 0 Å². The van der Waals surface area contributed by atoms with Gasteiger partial charge in [-0.2, -0.15) is 0 Å². The van der Waals surface area contributed by atoms with E-state index in [0.29, 0.717) is 16.3 Å². The molecule has 156 valence electrons. The average molecular weight is 456 g/mol. The molecule has 31 heavy (non-hydrogen) atoms. The Hall–Kier alpha value is -3.49. The van der Waals surface area contributed by atoms with Crippen LogP contribution in [0, 0.1) is 12.7 Å². The first kappa shape index (κ1) is 20.8. The topological polar surface area (TPSA) is 84.2 Å². The summed E-state index contributed by atoms with van der Waals surface area (Å²) < 4.78 is 19.5. The molecule has 0 aliphatic carbocycles. The van der Waals surface area contributed by atoms with Crippen LogP contribution < -0.4 is 10.6 Å². The number of aromatic nitrogens is 1. The molecule has 0 saturated carbocycles. The molecule has 2 aromatic carbocycles. The van der Waals surface area contributed by atoms with Gasteiger partial charge in [-0.1, -0.05) is 35.0 Å². The fraction of sp³-hybridized carbons (Fsp3) is 0.0455. The van der Waals surface area contributed by atoms with Crippen LogP contribution in [-0.2, 0) is 0 Å². The monoisotopic (exact) mass is 455 g/mol. The van der Waals surface area contributed by atoms with Gasteiger partial charge in [0, 0.05) is 11.4 Å². The number of carbonyl (C=O) groups excluding carboxylic acids is 2. The van der Waals surface area contributed by atoms with Crippen molar-refractivity contribution in [2.75, 3.05) is 10.6 Å². The van der Waals surface area contributed by atoms with E-state index in [0.717, 1.165) is 0 Å². The number of nitrogens with one attached hydrogen (secondary N) is 2. The summed E-state index contributed by atoms with van der Waals surface area (Å²) in [7, 11) is 0. The number of amides is 2. The van der Waals surface area contributed by atoms with E-state index in [1.165, 1.54) is 29.5 Å². The highest BCUT2D eigenvalue weighted by Crippen LogP contribution is 2.33. The second kappa shape index (κ2) is 8.71. The van der Waals surface area contributed by atoms with Gasteiger partial charge in [-0.25, -0.2) is 4.39 Å². The van der Waals surface area contributed by atoms with Gasteiger partial charge < -0.3 is 15.2 Å². The summed E-state index contributed by atoms with van der Waals surface area (Å²) in [5.41, 5.74) is 1.01. The van der Waals surface area contributed by atoms with E-state index in [2.05, 4.69) is 15.8 Å². The molecule has 4 rings (SSSR count). The number of halogens is 2. The summed E-state index contributed by atoms with van der Waals surface area (Å²) >= 11 is 7.46. The lowest BCUT2D eigenvalue weighted by Gasteiger charge is -2.09.